The molecule has 0 bridgehead atoms. The summed E-state index contributed by atoms with van der Waals surface area (Å²) in [5.74, 6) is 3.40. The highest BCUT2D eigenvalue weighted by Gasteiger charge is 2.14. The Bertz CT molecular complexity index is 5720. The molecule has 114 heavy (non-hydrogen) atoms. The van der Waals surface area contributed by atoms with Crippen LogP contribution < -0.4 is 0 Å². The van der Waals surface area contributed by atoms with Gasteiger partial charge < -0.3 is 0 Å². The molecule has 0 N–H and O–H groups in total. The number of hydrogen-bond donors (Lipinski definition) is 0. The normalized spacial score (nSPS) is 10.9. The Labute approximate surface area is 681 Å². The largest absolute Gasteiger partial charge is 0.0622 e. The minimum atomic E-state index is 0.504. The molecule has 0 heterocycles. The van der Waals surface area contributed by atoms with E-state index in [2.05, 4.69) is 483 Å². The van der Waals surface area contributed by atoms with Crippen molar-refractivity contribution >= 4 is 32.3 Å². The van der Waals surface area contributed by atoms with Gasteiger partial charge in [-0.1, -0.05) is 496 Å². The van der Waals surface area contributed by atoms with E-state index in [1.54, 1.807) is 0 Å². The summed E-state index contributed by atoms with van der Waals surface area (Å²) in [6.07, 6.45) is 0. The number of hydrogen-bond acceptors (Lipinski definition) is 0. The average Bonchev–Trinajstić information content (AvgIpc) is 0.744. The van der Waals surface area contributed by atoms with Gasteiger partial charge in [0.15, 0.2) is 0 Å². The quantitative estimate of drug-likeness (QED) is 0.0952. The van der Waals surface area contributed by atoms with Crippen molar-refractivity contribution in [2.45, 2.75) is 119 Å². The molecule has 17 aromatic carbocycles. The van der Waals surface area contributed by atoms with Crippen molar-refractivity contribution in [3.8, 4) is 89.0 Å². The molecular weight excluding hydrogens is 1370 g/mol. The zero-order chi connectivity index (χ0) is 79.7. The van der Waals surface area contributed by atoms with Gasteiger partial charge in [-0.05, 0) is 190 Å². The molecule has 0 amide bonds. The van der Waals surface area contributed by atoms with E-state index >= 15 is 0 Å². The third-order valence-electron chi connectivity index (χ3n) is 21.4. The topological polar surface area (TPSA) is 0 Å². The summed E-state index contributed by atoms with van der Waals surface area (Å²) >= 11 is 0. The molecular formula is C114H110. The Morgan fingerprint density at radius 3 is 0.754 bits per heavy atom. The summed E-state index contributed by atoms with van der Waals surface area (Å²) in [6, 6.07) is 147. The summed E-state index contributed by atoms with van der Waals surface area (Å²) < 4.78 is 0. The van der Waals surface area contributed by atoms with Gasteiger partial charge in [-0.15, -0.1) is 0 Å². The van der Waals surface area contributed by atoms with Crippen LogP contribution in [0, 0.1) is 0 Å². The molecule has 0 aromatic heterocycles. The van der Waals surface area contributed by atoms with Crippen LogP contribution in [-0.2, 0) is 0 Å². The Morgan fingerprint density at radius 1 is 0.123 bits per heavy atom. The predicted octanol–water partition coefficient (Wildman–Crippen LogP) is 33.7. The van der Waals surface area contributed by atoms with Gasteiger partial charge in [0.1, 0.15) is 0 Å². The molecule has 17 rings (SSSR count). The van der Waals surface area contributed by atoms with Crippen LogP contribution >= 0.6 is 0 Å². The molecule has 0 saturated heterocycles. The van der Waals surface area contributed by atoms with Gasteiger partial charge in [-0.2, -0.15) is 0 Å². The molecule has 0 fully saturated rings. The standard InChI is InChI=1S/C21H18.4C21H20.C9H12/c1-14(2)15-11-12-20-18-9-4-3-7-16(18)17-8-5-6-10-19(17)21(20)13-15;1-16(2)21-15-19(17-9-5-3-6-10-17)13-14-20(21)18-11-7-4-8-12-18;1-16(2)20-10-6-7-11-21(20)19-14-12-18(13-15-19)17-8-4-3-5-9-17;1-16(2)20-9-6-10-21(15-20)19-13-11-18(12-14-19)17-7-4-3-5-8-17;1-16(2)17-8-10-20(11-9-17)21-14-12-19(13-15-21)18-6-4-3-5-7-18;1-8(2)9-6-4-3-5-7-9/h3-14H,1-2H3;4*3-16H,1-2H3;3-8H,1-2H3. The predicted molar refractivity (Wildman–Crippen MR) is 499 cm³/mol. The Morgan fingerprint density at radius 2 is 0.360 bits per heavy atom. The number of benzene rings is 17. The fraction of sp³-hybridized carbons (Fsp3) is 0.158. The molecule has 0 nitrogen and oxygen atoms in total. The van der Waals surface area contributed by atoms with Crippen molar-refractivity contribution < 1.29 is 0 Å². The third kappa shape index (κ3) is 21.4. The van der Waals surface area contributed by atoms with E-state index < -0.39 is 0 Å². The Balaban J connectivity index is 0.000000128. The van der Waals surface area contributed by atoms with E-state index in [-0.39, 0.29) is 0 Å². The molecule has 0 aliphatic carbocycles. The molecule has 566 valence electrons. The first-order valence-electron chi connectivity index (χ1n) is 40.9. The van der Waals surface area contributed by atoms with Crippen molar-refractivity contribution in [3.63, 3.8) is 0 Å². The SMILES string of the molecule is CC(C)c1cc(-c2ccccc2)ccc1-c1ccccc1.CC(C)c1ccc(-c2ccc(-c3ccccc3)cc2)cc1.CC(C)c1ccc2c3ccccc3c3ccccc3c2c1.CC(C)c1cccc(-c2ccc(-c3ccccc3)cc2)c1.CC(C)c1ccccc1.CC(C)c1ccccc1-c1ccc(-c2ccccc2)cc1. The third-order valence-corrected chi connectivity index (χ3v) is 21.4. The van der Waals surface area contributed by atoms with Crippen molar-refractivity contribution in [3.05, 3.63) is 446 Å². The molecule has 0 saturated carbocycles. The second-order valence-corrected chi connectivity index (χ2v) is 31.4. The van der Waals surface area contributed by atoms with Crippen LogP contribution in [-0.4, -0.2) is 0 Å². The van der Waals surface area contributed by atoms with Crippen LogP contribution in [0.1, 0.15) is 152 Å². The van der Waals surface area contributed by atoms with Crippen LogP contribution in [0.2, 0.25) is 0 Å². The van der Waals surface area contributed by atoms with Crippen LogP contribution in [0.25, 0.3) is 121 Å². The maximum Gasteiger partial charge on any atom is -0.00961 e. The fourth-order valence-electron chi connectivity index (χ4n) is 14.7. The van der Waals surface area contributed by atoms with E-state index in [0.29, 0.717) is 35.5 Å². The maximum atomic E-state index is 2.37. The molecule has 0 aliphatic heterocycles. The molecule has 0 spiro atoms. The van der Waals surface area contributed by atoms with E-state index in [0.717, 1.165) is 0 Å². The molecule has 0 atom stereocenters. The van der Waals surface area contributed by atoms with Crippen LogP contribution in [0.15, 0.2) is 413 Å². The monoisotopic (exact) mass is 1480 g/mol. The highest BCUT2D eigenvalue weighted by Crippen LogP contribution is 2.39. The van der Waals surface area contributed by atoms with Gasteiger partial charge in [0.2, 0.25) is 0 Å². The van der Waals surface area contributed by atoms with E-state index in [1.807, 2.05) is 12.1 Å². The Hall–Kier alpha value is -12.5. The van der Waals surface area contributed by atoms with E-state index in [9.17, 15) is 0 Å². The summed E-state index contributed by atoms with van der Waals surface area (Å²) in [5.41, 5.74) is 28.9. The highest BCUT2D eigenvalue weighted by atomic mass is 14.2. The first-order chi connectivity index (χ1) is 55.5. The minimum absolute atomic E-state index is 0.504. The zero-order valence-electron chi connectivity index (χ0n) is 68.7. The van der Waals surface area contributed by atoms with Crippen LogP contribution in [0.4, 0.5) is 0 Å². The summed E-state index contributed by atoms with van der Waals surface area (Å²) in [7, 11) is 0. The summed E-state index contributed by atoms with van der Waals surface area (Å²) in [5, 5.41) is 8.12. The lowest BCUT2D eigenvalue weighted by Crippen LogP contribution is -1.93. The van der Waals surface area contributed by atoms with Gasteiger partial charge in [-0.25, -0.2) is 0 Å². The fourth-order valence-corrected chi connectivity index (χ4v) is 14.7. The van der Waals surface area contributed by atoms with E-state index in [4.69, 9.17) is 0 Å². The van der Waals surface area contributed by atoms with Gasteiger partial charge in [0.25, 0.3) is 0 Å². The average molecular weight is 1480 g/mol. The van der Waals surface area contributed by atoms with Gasteiger partial charge in [-0.3, -0.25) is 0 Å². The molecule has 0 heteroatoms. The zero-order valence-corrected chi connectivity index (χ0v) is 68.7. The Kier molecular flexibility index (Phi) is 28.5. The lowest BCUT2D eigenvalue weighted by atomic mass is 9.89. The second kappa shape index (κ2) is 40.1. The molecule has 0 radical (unpaired) electrons. The van der Waals surface area contributed by atoms with Gasteiger partial charge >= 0.3 is 0 Å². The minimum Gasteiger partial charge on any atom is -0.0622 e. The lowest BCUT2D eigenvalue weighted by molar-refractivity contribution is 0.867. The van der Waals surface area contributed by atoms with Gasteiger partial charge in [0.05, 0.1) is 0 Å². The maximum absolute atomic E-state index is 2.37. The first-order valence-corrected chi connectivity index (χ1v) is 40.9. The summed E-state index contributed by atoms with van der Waals surface area (Å²) in [6.45, 7) is 26.9. The lowest BCUT2D eigenvalue weighted by Gasteiger charge is -2.15. The van der Waals surface area contributed by atoms with Gasteiger partial charge in [0, 0.05) is 0 Å². The molecule has 17 aromatic rings. The summed E-state index contributed by atoms with van der Waals surface area (Å²) in [4.78, 5) is 0. The molecule has 0 aliphatic rings. The first kappa shape index (κ1) is 81.0. The smallest absolute Gasteiger partial charge is 0.00961 e. The van der Waals surface area contributed by atoms with E-state index in [1.165, 1.54) is 155 Å². The second-order valence-electron chi connectivity index (χ2n) is 31.4. The highest BCUT2D eigenvalue weighted by molar-refractivity contribution is 6.25. The number of rotatable bonds is 14. The van der Waals surface area contributed by atoms with Crippen LogP contribution in [0.5, 0.6) is 0 Å². The van der Waals surface area contributed by atoms with Crippen LogP contribution in [0.3, 0.4) is 0 Å². The van der Waals surface area contributed by atoms with Crippen molar-refractivity contribution in [2.24, 2.45) is 0 Å². The molecule has 0 unspecified atom stereocenters. The van der Waals surface area contributed by atoms with Crippen molar-refractivity contribution in [1.82, 2.24) is 0 Å². The van der Waals surface area contributed by atoms with Crippen molar-refractivity contribution in [1.29, 1.82) is 0 Å². The number of fused-ring (bicyclic) bond motifs is 6. The van der Waals surface area contributed by atoms with Crippen molar-refractivity contribution in [2.75, 3.05) is 0 Å².